The molecule has 0 fully saturated rings. The number of rotatable bonds is 3. The van der Waals surface area contributed by atoms with Crippen LogP contribution < -0.4 is 5.56 Å². The number of thiazole rings is 1. The lowest BCUT2D eigenvalue weighted by Crippen LogP contribution is -2.15. The van der Waals surface area contributed by atoms with E-state index in [1.54, 1.807) is 12.4 Å². The van der Waals surface area contributed by atoms with Gasteiger partial charge >= 0.3 is 0 Å². The van der Waals surface area contributed by atoms with Gasteiger partial charge < -0.3 is 10.1 Å². The molecule has 0 unspecified atom stereocenters. The molecular weight excluding hydrogens is 236 g/mol. The summed E-state index contributed by atoms with van der Waals surface area (Å²) in [7, 11) is 0. The average Bonchev–Trinajstić information content (AvgIpc) is 2.76. The van der Waals surface area contributed by atoms with Crippen LogP contribution in [-0.4, -0.2) is 15.1 Å². The molecule has 2 N–H and O–H groups in total. The number of aryl methyl sites for hydroxylation is 1. The highest BCUT2D eigenvalue weighted by Crippen LogP contribution is 2.24. The van der Waals surface area contributed by atoms with E-state index in [0.29, 0.717) is 5.56 Å². The van der Waals surface area contributed by atoms with Gasteiger partial charge in [-0.25, -0.2) is 4.98 Å². The van der Waals surface area contributed by atoms with Crippen molar-refractivity contribution in [1.82, 2.24) is 9.97 Å². The Kier molecular flexibility index (Phi) is 3.28. The molecule has 4 nitrogen and oxygen atoms in total. The van der Waals surface area contributed by atoms with Crippen LogP contribution in [0.4, 0.5) is 0 Å². The second-order valence-electron chi connectivity index (χ2n) is 3.76. The predicted molar refractivity (Wildman–Crippen MR) is 70.5 cm³/mol. The van der Waals surface area contributed by atoms with Crippen LogP contribution in [0.25, 0.3) is 16.1 Å². The summed E-state index contributed by atoms with van der Waals surface area (Å²) in [6.45, 7) is 3.74. The third-order valence-electron chi connectivity index (χ3n) is 2.64. The van der Waals surface area contributed by atoms with Crippen LogP contribution >= 0.6 is 11.3 Å². The lowest BCUT2D eigenvalue weighted by atomic mass is 10.0. The maximum atomic E-state index is 11.9. The molecule has 5 heteroatoms. The number of aromatic nitrogens is 2. The molecule has 0 spiro atoms. The molecule has 0 amide bonds. The number of hydrogen-bond donors (Lipinski definition) is 2. The summed E-state index contributed by atoms with van der Waals surface area (Å²) >= 11 is 1.40. The Bertz CT molecular complexity index is 625. The van der Waals surface area contributed by atoms with Crippen molar-refractivity contribution in [3.8, 4) is 0 Å². The first-order valence-corrected chi connectivity index (χ1v) is 6.41. The van der Waals surface area contributed by atoms with Crippen LogP contribution in [0.5, 0.6) is 0 Å². The van der Waals surface area contributed by atoms with Crippen LogP contribution in [-0.2, 0) is 6.42 Å². The molecule has 0 atom stereocenters. The monoisotopic (exact) mass is 250 g/mol. The van der Waals surface area contributed by atoms with E-state index in [4.69, 9.17) is 0 Å². The van der Waals surface area contributed by atoms with Gasteiger partial charge in [0.15, 0.2) is 0 Å². The molecular formula is C12H14N2O2S. The third-order valence-corrected chi connectivity index (χ3v) is 3.38. The fourth-order valence-corrected chi connectivity index (χ4v) is 2.58. The number of aromatic amines is 1. The highest BCUT2D eigenvalue weighted by Gasteiger charge is 2.16. The molecule has 2 aromatic heterocycles. The van der Waals surface area contributed by atoms with Crippen molar-refractivity contribution in [2.45, 2.75) is 26.7 Å². The maximum Gasteiger partial charge on any atom is 0.260 e. The van der Waals surface area contributed by atoms with Gasteiger partial charge in [0.1, 0.15) is 16.1 Å². The molecule has 2 rings (SSSR count). The minimum atomic E-state index is -0.249. The molecule has 90 valence electrons. The minimum Gasteiger partial charge on any atom is -0.507 e. The number of hydrogen-bond acceptors (Lipinski definition) is 4. The molecule has 2 aromatic rings. The van der Waals surface area contributed by atoms with Gasteiger partial charge in [-0.3, -0.25) is 4.79 Å². The Morgan fingerprint density at radius 1 is 1.65 bits per heavy atom. The first-order valence-electron chi connectivity index (χ1n) is 5.53. The average molecular weight is 250 g/mol. The molecule has 2 heterocycles. The van der Waals surface area contributed by atoms with Gasteiger partial charge in [-0.2, -0.15) is 0 Å². The zero-order valence-corrected chi connectivity index (χ0v) is 10.6. The standard InChI is InChI=1S/C12H14N2O2S/c1-3-5-7-9(8(15)4-2)11(16)14-12-10(7)13-6-17-12/h4,6,15H,3,5H2,1-2H3,(H,14,16)/b8-4+. The Labute approximate surface area is 103 Å². The quantitative estimate of drug-likeness (QED) is 0.823. The second kappa shape index (κ2) is 4.71. The van der Waals surface area contributed by atoms with Crippen molar-refractivity contribution >= 4 is 27.4 Å². The lowest BCUT2D eigenvalue weighted by molar-refractivity contribution is 0.508. The van der Waals surface area contributed by atoms with Crippen molar-refractivity contribution in [2.24, 2.45) is 0 Å². The highest BCUT2D eigenvalue weighted by molar-refractivity contribution is 7.16. The molecule has 0 saturated carbocycles. The van der Waals surface area contributed by atoms with E-state index in [1.807, 2.05) is 6.92 Å². The Hall–Kier alpha value is -1.62. The van der Waals surface area contributed by atoms with E-state index in [9.17, 15) is 9.90 Å². The topological polar surface area (TPSA) is 66.0 Å². The molecule has 0 saturated heterocycles. The van der Waals surface area contributed by atoms with E-state index in [-0.39, 0.29) is 11.3 Å². The van der Waals surface area contributed by atoms with Crippen molar-refractivity contribution < 1.29 is 5.11 Å². The number of nitrogens with zero attached hydrogens (tertiary/aromatic N) is 1. The lowest BCUT2D eigenvalue weighted by Gasteiger charge is -2.07. The summed E-state index contributed by atoms with van der Waals surface area (Å²) in [5, 5.41) is 9.83. The second-order valence-corrected chi connectivity index (χ2v) is 4.62. The first kappa shape index (κ1) is 11.9. The molecule has 0 aliphatic rings. The summed E-state index contributed by atoms with van der Waals surface area (Å²) in [5.74, 6) is 0.0181. The normalized spacial score (nSPS) is 12.2. The Morgan fingerprint density at radius 3 is 3.06 bits per heavy atom. The van der Waals surface area contributed by atoms with Crippen molar-refractivity contribution in [3.05, 3.63) is 33.1 Å². The molecule has 17 heavy (non-hydrogen) atoms. The molecule has 0 bridgehead atoms. The number of nitrogens with one attached hydrogen (secondary N) is 1. The molecule has 0 aliphatic heterocycles. The smallest absolute Gasteiger partial charge is 0.260 e. The summed E-state index contributed by atoms with van der Waals surface area (Å²) in [4.78, 5) is 19.7. The number of allylic oxidation sites excluding steroid dienone is 1. The zero-order chi connectivity index (χ0) is 12.4. The minimum absolute atomic E-state index is 0.0181. The highest BCUT2D eigenvalue weighted by atomic mass is 32.1. The predicted octanol–water partition coefficient (Wildman–Crippen LogP) is 2.86. The fourth-order valence-electron chi connectivity index (χ4n) is 1.88. The van der Waals surface area contributed by atoms with E-state index in [1.165, 1.54) is 17.4 Å². The van der Waals surface area contributed by atoms with Crippen LogP contribution in [0.1, 0.15) is 31.4 Å². The van der Waals surface area contributed by atoms with Gasteiger partial charge in [0, 0.05) is 0 Å². The molecule has 0 radical (unpaired) electrons. The molecule has 0 aromatic carbocycles. The van der Waals surface area contributed by atoms with Crippen molar-refractivity contribution in [3.63, 3.8) is 0 Å². The van der Waals surface area contributed by atoms with Crippen molar-refractivity contribution in [1.29, 1.82) is 0 Å². The number of fused-ring (bicyclic) bond motifs is 1. The number of H-pyrrole nitrogens is 1. The van der Waals surface area contributed by atoms with Crippen LogP contribution in [0.15, 0.2) is 16.4 Å². The van der Waals surface area contributed by atoms with E-state index >= 15 is 0 Å². The summed E-state index contributed by atoms with van der Waals surface area (Å²) in [6, 6.07) is 0. The SMILES string of the molecule is C/C=C(/O)c1c(CCC)c2ncsc2[nH]c1=O. The Morgan fingerprint density at radius 2 is 2.41 bits per heavy atom. The zero-order valence-electron chi connectivity index (χ0n) is 9.78. The van der Waals surface area contributed by atoms with Gasteiger partial charge in [0.2, 0.25) is 0 Å². The van der Waals surface area contributed by atoms with E-state index in [0.717, 1.165) is 28.8 Å². The summed E-state index contributed by atoms with van der Waals surface area (Å²) in [5.41, 5.74) is 3.44. The van der Waals surface area contributed by atoms with Crippen LogP contribution in [0, 0.1) is 0 Å². The van der Waals surface area contributed by atoms with Gasteiger partial charge in [-0.1, -0.05) is 13.3 Å². The van der Waals surface area contributed by atoms with Crippen LogP contribution in [0.3, 0.4) is 0 Å². The van der Waals surface area contributed by atoms with Crippen molar-refractivity contribution in [2.75, 3.05) is 0 Å². The Balaban J connectivity index is 2.83. The van der Waals surface area contributed by atoms with E-state index < -0.39 is 0 Å². The van der Waals surface area contributed by atoms with Gasteiger partial charge in [0.25, 0.3) is 5.56 Å². The van der Waals surface area contributed by atoms with E-state index in [2.05, 4.69) is 9.97 Å². The van der Waals surface area contributed by atoms with Gasteiger partial charge in [0.05, 0.1) is 11.1 Å². The van der Waals surface area contributed by atoms with Gasteiger partial charge in [-0.15, -0.1) is 11.3 Å². The molecule has 0 aliphatic carbocycles. The number of aliphatic hydroxyl groups is 1. The summed E-state index contributed by atoms with van der Waals surface area (Å²) < 4.78 is 0. The fraction of sp³-hybridized carbons (Fsp3) is 0.333. The first-order chi connectivity index (χ1) is 8.19. The van der Waals surface area contributed by atoms with Gasteiger partial charge in [-0.05, 0) is 25.0 Å². The summed E-state index contributed by atoms with van der Waals surface area (Å²) in [6.07, 6.45) is 3.17. The number of pyridine rings is 1. The van der Waals surface area contributed by atoms with Crippen LogP contribution in [0.2, 0.25) is 0 Å². The third kappa shape index (κ3) is 1.98. The number of aliphatic hydroxyl groups excluding tert-OH is 1. The maximum absolute atomic E-state index is 11.9. The largest absolute Gasteiger partial charge is 0.507 e.